The first-order chi connectivity index (χ1) is 6.70. The average molecular weight is 269 g/mol. The van der Waals surface area contributed by atoms with Crippen LogP contribution in [0.1, 0.15) is 0 Å². The Labute approximate surface area is 139 Å². The summed E-state index contributed by atoms with van der Waals surface area (Å²) < 4.78 is 25.2. The van der Waals surface area contributed by atoms with Crippen molar-refractivity contribution in [2.24, 2.45) is 0 Å². The standard InChI is InChI=1S/C10H6BClF2.FH.K/c12-9-6-2-4-7-3-1-5-8(10(7)9)11(13)14;;/h1-6H;1H;/q;;+1/p-1. The van der Waals surface area contributed by atoms with E-state index in [1.165, 1.54) is 6.07 Å². The van der Waals surface area contributed by atoms with Gasteiger partial charge in [-0.25, -0.2) is 0 Å². The summed E-state index contributed by atoms with van der Waals surface area (Å²) in [6, 6.07) is 9.93. The van der Waals surface area contributed by atoms with Crippen LogP contribution in [-0.4, -0.2) is 7.27 Å². The second kappa shape index (κ2) is 7.04. The van der Waals surface area contributed by atoms with Crippen molar-refractivity contribution in [1.29, 1.82) is 0 Å². The molecular formula is C10H6BClF3K. The molecule has 0 nitrogen and oxygen atoms in total. The Hall–Kier alpha value is 0.481. The van der Waals surface area contributed by atoms with Crippen LogP contribution in [0.2, 0.25) is 5.02 Å². The number of hydrogen-bond acceptors (Lipinski definition) is 0. The molecule has 0 saturated heterocycles. The van der Waals surface area contributed by atoms with E-state index in [1.54, 1.807) is 30.3 Å². The van der Waals surface area contributed by atoms with Gasteiger partial charge < -0.3 is 4.70 Å². The Balaban J connectivity index is 0.00000112. The van der Waals surface area contributed by atoms with Gasteiger partial charge in [0.2, 0.25) is 0 Å². The predicted octanol–water partition coefficient (Wildman–Crippen LogP) is -2.86. The number of rotatable bonds is 1. The van der Waals surface area contributed by atoms with Gasteiger partial charge in [-0.05, 0) is 11.5 Å². The molecule has 0 aliphatic rings. The van der Waals surface area contributed by atoms with Gasteiger partial charge in [0.05, 0.1) is 0 Å². The maximum atomic E-state index is 12.6. The minimum Gasteiger partial charge on any atom is -1.00 e. The average Bonchev–Trinajstić information content (AvgIpc) is 2.17. The fourth-order valence-corrected chi connectivity index (χ4v) is 1.80. The maximum absolute atomic E-state index is 12.6. The second-order valence-electron chi connectivity index (χ2n) is 2.99. The van der Waals surface area contributed by atoms with Crippen LogP contribution in [0.5, 0.6) is 0 Å². The van der Waals surface area contributed by atoms with Crippen LogP contribution in [0.15, 0.2) is 36.4 Å². The summed E-state index contributed by atoms with van der Waals surface area (Å²) in [7, 11) is -2.49. The van der Waals surface area contributed by atoms with Crippen LogP contribution in [0.4, 0.5) is 8.63 Å². The monoisotopic (exact) mass is 268 g/mol. The molecule has 0 amide bonds. The summed E-state index contributed by atoms with van der Waals surface area (Å²) in [5.41, 5.74) is -0.00639. The van der Waals surface area contributed by atoms with Gasteiger partial charge >= 0.3 is 58.7 Å². The molecule has 0 fully saturated rings. The van der Waals surface area contributed by atoms with Crippen molar-refractivity contribution >= 4 is 35.1 Å². The number of hydrogen-bond donors (Lipinski definition) is 0. The van der Waals surface area contributed by atoms with Crippen LogP contribution in [0.3, 0.4) is 0 Å². The number of fused-ring (bicyclic) bond motifs is 1. The first-order valence-corrected chi connectivity index (χ1v) is 4.53. The van der Waals surface area contributed by atoms with Crippen molar-refractivity contribution in [2.45, 2.75) is 0 Å². The molecule has 2 rings (SSSR count). The third-order valence-electron chi connectivity index (χ3n) is 2.12. The van der Waals surface area contributed by atoms with Gasteiger partial charge in [0.15, 0.2) is 0 Å². The van der Waals surface area contributed by atoms with Crippen LogP contribution in [0, 0.1) is 0 Å². The first kappa shape index (κ1) is 16.5. The zero-order valence-electron chi connectivity index (χ0n) is 8.55. The van der Waals surface area contributed by atoms with Crippen molar-refractivity contribution in [3.05, 3.63) is 41.4 Å². The molecule has 0 aliphatic carbocycles. The molecule has 6 heteroatoms. The van der Waals surface area contributed by atoms with E-state index >= 15 is 0 Å². The summed E-state index contributed by atoms with van der Waals surface area (Å²) in [6.07, 6.45) is 0. The smallest absolute Gasteiger partial charge is 1.00 e. The molecule has 0 radical (unpaired) electrons. The Morgan fingerprint density at radius 3 is 2.12 bits per heavy atom. The van der Waals surface area contributed by atoms with Crippen molar-refractivity contribution < 1.29 is 64.7 Å². The summed E-state index contributed by atoms with van der Waals surface area (Å²) in [5.74, 6) is 0. The largest absolute Gasteiger partial charge is 1.00 e. The first-order valence-electron chi connectivity index (χ1n) is 4.15. The Kier molecular flexibility index (Phi) is 7.25. The second-order valence-corrected chi connectivity index (χ2v) is 3.39. The molecule has 2 aromatic carbocycles. The SMILES string of the molecule is FB(F)c1cccc2cccc(Cl)c12.[F-].[K+]. The molecule has 0 saturated carbocycles. The van der Waals surface area contributed by atoms with Gasteiger partial charge in [-0.3, -0.25) is 8.63 Å². The van der Waals surface area contributed by atoms with E-state index in [-0.39, 0.29) is 61.6 Å². The molecule has 0 atom stereocenters. The molecule has 0 unspecified atom stereocenters. The van der Waals surface area contributed by atoms with Gasteiger partial charge in [0.1, 0.15) is 0 Å². The van der Waals surface area contributed by atoms with Gasteiger partial charge in [-0.15, -0.1) is 0 Å². The van der Waals surface area contributed by atoms with Crippen LogP contribution < -0.4 is 61.6 Å². The fourth-order valence-electron chi connectivity index (χ4n) is 1.50. The van der Waals surface area contributed by atoms with E-state index in [2.05, 4.69) is 0 Å². The third-order valence-corrected chi connectivity index (χ3v) is 2.44. The van der Waals surface area contributed by atoms with Crippen molar-refractivity contribution in [2.75, 3.05) is 0 Å². The normalized spacial score (nSPS) is 9.19. The quantitative estimate of drug-likeness (QED) is 0.488. The van der Waals surface area contributed by atoms with Gasteiger partial charge in [0.25, 0.3) is 0 Å². The number of benzene rings is 2. The minimum absolute atomic E-state index is 0. The molecule has 78 valence electrons. The van der Waals surface area contributed by atoms with Gasteiger partial charge in [-0.2, -0.15) is 0 Å². The molecule has 0 spiro atoms. The minimum atomic E-state index is -2.49. The summed E-state index contributed by atoms with van der Waals surface area (Å²) >= 11 is 5.87. The van der Waals surface area contributed by atoms with Crippen molar-refractivity contribution in [1.82, 2.24) is 0 Å². The van der Waals surface area contributed by atoms with E-state index in [9.17, 15) is 8.63 Å². The Morgan fingerprint density at radius 2 is 1.56 bits per heavy atom. The molecule has 16 heavy (non-hydrogen) atoms. The molecule has 0 heterocycles. The van der Waals surface area contributed by atoms with Crippen LogP contribution in [-0.2, 0) is 0 Å². The molecule has 0 bridgehead atoms. The maximum Gasteiger partial charge on any atom is 1.00 e. The fraction of sp³-hybridized carbons (Fsp3) is 0. The van der Waals surface area contributed by atoms with Crippen LogP contribution in [0.25, 0.3) is 10.8 Å². The summed E-state index contributed by atoms with van der Waals surface area (Å²) in [6.45, 7) is 0. The number of halogens is 4. The molecule has 0 aliphatic heterocycles. The predicted molar refractivity (Wildman–Crippen MR) is 56.6 cm³/mol. The topological polar surface area (TPSA) is 0 Å². The van der Waals surface area contributed by atoms with Gasteiger partial charge in [-0.1, -0.05) is 41.9 Å². The molecular weight excluding hydrogens is 262 g/mol. The zero-order chi connectivity index (χ0) is 10.1. The summed E-state index contributed by atoms with van der Waals surface area (Å²) in [4.78, 5) is 0. The molecule has 2 aromatic rings. The van der Waals surface area contributed by atoms with E-state index in [0.717, 1.165) is 5.39 Å². The van der Waals surface area contributed by atoms with Crippen molar-refractivity contribution in [3.8, 4) is 0 Å². The zero-order valence-corrected chi connectivity index (χ0v) is 12.4. The van der Waals surface area contributed by atoms with E-state index < -0.39 is 7.27 Å². The molecule has 0 N–H and O–H groups in total. The Bertz CT molecular complexity index is 473. The molecule has 0 aromatic heterocycles. The van der Waals surface area contributed by atoms with Crippen LogP contribution >= 0.6 is 11.6 Å². The summed E-state index contributed by atoms with van der Waals surface area (Å²) in [5, 5.41) is 1.57. The Morgan fingerprint density at radius 1 is 1.00 bits per heavy atom. The third kappa shape index (κ3) is 3.24. The van der Waals surface area contributed by atoms with Gasteiger partial charge in [0, 0.05) is 15.9 Å². The van der Waals surface area contributed by atoms with Crippen molar-refractivity contribution in [3.63, 3.8) is 0 Å². The van der Waals surface area contributed by atoms with E-state index in [0.29, 0.717) is 10.4 Å². The van der Waals surface area contributed by atoms with E-state index in [4.69, 9.17) is 11.6 Å². The van der Waals surface area contributed by atoms with E-state index in [1.807, 2.05) is 0 Å².